The van der Waals surface area contributed by atoms with Gasteiger partial charge in [-0.15, -0.1) is 0 Å². The van der Waals surface area contributed by atoms with Crippen LogP contribution >= 0.6 is 23.2 Å². The van der Waals surface area contributed by atoms with E-state index in [4.69, 9.17) is 23.2 Å². The molecule has 1 aromatic rings. The first-order valence-electron chi connectivity index (χ1n) is 5.28. The number of halogens is 5. The molecular weight excluding hydrogens is 320 g/mol. The van der Waals surface area contributed by atoms with Crippen LogP contribution < -0.4 is 5.43 Å². The number of rotatable bonds is 4. The Labute approximate surface area is 122 Å². The van der Waals surface area contributed by atoms with Crippen molar-refractivity contribution in [3.8, 4) is 0 Å². The van der Waals surface area contributed by atoms with Crippen LogP contribution in [0.4, 0.5) is 18.9 Å². The Balaban J connectivity index is 2.99. The van der Waals surface area contributed by atoms with Gasteiger partial charge in [-0.05, 0) is 25.1 Å². The molecule has 0 saturated heterocycles. The van der Waals surface area contributed by atoms with Crippen molar-refractivity contribution in [2.75, 3.05) is 12.0 Å². The molecule has 1 aromatic carbocycles. The lowest BCUT2D eigenvalue weighted by atomic mass is 10.2. The molecule has 0 radical (unpaired) electrons. The molecule has 0 aliphatic rings. The Kier molecular flexibility index (Phi) is 5.64. The lowest BCUT2D eigenvalue weighted by Crippen LogP contribution is -2.14. The summed E-state index contributed by atoms with van der Waals surface area (Å²) in [6, 6.07) is 3.05. The minimum absolute atomic E-state index is 0.0688. The van der Waals surface area contributed by atoms with Crippen molar-refractivity contribution in [1.29, 1.82) is 0 Å². The number of alkyl halides is 3. The highest BCUT2D eigenvalue weighted by atomic mass is 35.5. The van der Waals surface area contributed by atoms with Gasteiger partial charge in [0.25, 0.3) is 0 Å². The summed E-state index contributed by atoms with van der Waals surface area (Å²) in [5, 5.41) is 2.64. The summed E-state index contributed by atoms with van der Waals surface area (Å²) in [4.78, 5) is 11.1. The first-order valence-corrected chi connectivity index (χ1v) is 6.04. The van der Waals surface area contributed by atoms with Crippen molar-refractivity contribution in [3.63, 3.8) is 0 Å². The van der Waals surface area contributed by atoms with Gasteiger partial charge in [0.05, 0.1) is 17.9 Å². The monoisotopic (exact) mass is 328 g/mol. The molecule has 20 heavy (non-hydrogen) atoms. The summed E-state index contributed by atoms with van der Waals surface area (Å²) in [5.41, 5.74) is 0.652. The number of hydrazone groups is 1. The predicted octanol–water partition coefficient (Wildman–Crippen LogP) is 3.89. The van der Waals surface area contributed by atoms with Gasteiger partial charge in [0.15, 0.2) is 0 Å². The Hall–Kier alpha value is -1.47. The molecule has 1 N–H and O–H groups in total. The first kappa shape index (κ1) is 16.6. The highest BCUT2D eigenvalue weighted by Crippen LogP contribution is 2.36. The SMILES string of the molecule is CCOC(=O)/C(Cl)=N/Nc1ccc(Cl)cc1C(F)(F)F. The Morgan fingerprint density at radius 3 is 2.65 bits per heavy atom. The zero-order valence-electron chi connectivity index (χ0n) is 10.1. The molecule has 110 valence electrons. The molecule has 0 fully saturated rings. The summed E-state index contributed by atoms with van der Waals surface area (Å²) < 4.78 is 42.8. The number of nitrogens with one attached hydrogen (secondary N) is 1. The van der Waals surface area contributed by atoms with Gasteiger partial charge >= 0.3 is 12.1 Å². The number of hydrogen-bond acceptors (Lipinski definition) is 4. The van der Waals surface area contributed by atoms with Crippen molar-refractivity contribution in [2.24, 2.45) is 5.10 Å². The van der Waals surface area contributed by atoms with Gasteiger partial charge in [-0.3, -0.25) is 5.43 Å². The third-order valence-corrected chi connectivity index (χ3v) is 2.48. The van der Waals surface area contributed by atoms with Gasteiger partial charge in [0.2, 0.25) is 5.17 Å². The summed E-state index contributed by atoms with van der Waals surface area (Å²) >= 11 is 11.0. The molecule has 0 spiro atoms. The first-order chi connectivity index (χ1) is 9.25. The standard InChI is InChI=1S/C11H9Cl2F3N2O2/c1-2-20-10(19)9(13)18-17-8-4-3-6(12)5-7(8)11(14,15)16/h3-5,17H,2H2,1H3/b18-9-. The van der Waals surface area contributed by atoms with E-state index in [0.29, 0.717) is 0 Å². The van der Waals surface area contributed by atoms with E-state index in [9.17, 15) is 18.0 Å². The zero-order chi connectivity index (χ0) is 15.3. The fourth-order valence-electron chi connectivity index (χ4n) is 1.19. The van der Waals surface area contributed by atoms with E-state index >= 15 is 0 Å². The molecule has 0 amide bonds. The van der Waals surface area contributed by atoms with Crippen molar-refractivity contribution < 1.29 is 22.7 Å². The molecule has 9 heteroatoms. The second-order valence-corrected chi connectivity index (χ2v) is 4.22. The molecule has 0 aliphatic carbocycles. The number of hydrogen-bond donors (Lipinski definition) is 1. The van der Waals surface area contributed by atoms with Gasteiger partial charge in [-0.25, -0.2) is 4.79 Å². The quantitative estimate of drug-likeness (QED) is 0.518. The number of anilines is 1. The van der Waals surface area contributed by atoms with Gasteiger partial charge in [-0.1, -0.05) is 23.2 Å². The molecule has 0 aliphatic heterocycles. The van der Waals surface area contributed by atoms with Crippen molar-refractivity contribution in [2.45, 2.75) is 13.1 Å². The number of carbonyl (C=O) groups is 1. The third-order valence-electron chi connectivity index (χ3n) is 2.01. The fraction of sp³-hybridized carbons (Fsp3) is 0.273. The Morgan fingerprint density at radius 2 is 2.10 bits per heavy atom. The second kappa shape index (κ2) is 6.81. The summed E-state index contributed by atoms with van der Waals surface area (Å²) in [6.45, 7) is 1.62. The third kappa shape index (κ3) is 4.57. The van der Waals surface area contributed by atoms with Crippen LogP contribution in [0.3, 0.4) is 0 Å². The topological polar surface area (TPSA) is 50.7 Å². The molecule has 1 rings (SSSR count). The van der Waals surface area contributed by atoms with Gasteiger partial charge in [0.1, 0.15) is 0 Å². The number of ether oxygens (including phenoxy) is 1. The molecule has 0 unspecified atom stereocenters. The van der Waals surface area contributed by atoms with E-state index in [1.165, 1.54) is 6.07 Å². The smallest absolute Gasteiger partial charge is 0.418 e. The molecule has 0 aromatic heterocycles. The van der Waals surface area contributed by atoms with Crippen molar-refractivity contribution in [1.82, 2.24) is 0 Å². The van der Waals surface area contributed by atoms with E-state index in [-0.39, 0.29) is 17.3 Å². The largest absolute Gasteiger partial charge is 0.461 e. The molecule has 0 saturated carbocycles. The van der Waals surface area contributed by atoms with E-state index < -0.39 is 22.9 Å². The normalized spacial score (nSPS) is 12.2. The highest BCUT2D eigenvalue weighted by Gasteiger charge is 2.33. The number of nitrogens with zero attached hydrogens (tertiary/aromatic N) is 1. The lowest BCUT2D eigenvalue weighted by molar-refractivity contribution is -0.137. The van der Waals surface area contributed by atoms with E-state index in [1.807, 2.05) is 0 Å². The molecule has 0 heterocycles. The lowest BCUT2D eigenvalue weighted by Gasteiger charge is -2.12. The average molecular weight is 329 g/mol. The second-order valence-electron chi connectivity index (χ2n) is 3.42. The van der Waals surface area contributed by atoms with Crippen LogP contribution in [0, 0.1) is 0 Å². The van der Waals surface area contributed by atoms with Crippen molar-refractivity contribution in [3.05, 3.63) is 28.8 Å². The van der Waals surface area contributed by atoms with Crippen LogP contribution in [-0.2, 0) is 15.7 Å². The van der Waals surface area contributed by atoms with Crippen LogP contribution in [0.2, 0.25) is 5.02 Å². The van der Waals surface area contributed by atoms with E-state index in [0.717, 1.165) is 12.1 Å². The minimum Gasteiger partial charge on any atom is -0.461 e. The van der Waals surface area contributed by atoms with Gasteiger partial charge < -0.3 is 4.74 Å². The number of esters is 1. The minimum atomic E-state index is -4.63. The van der Waals surface area contributed by atoms with Crippen LogP contribution in [0.5, 0.6) is 0 Å². The van der Waals surface area contributed by atoms with E-state index in [2.05, 4.69) is 15.3 Å². The van der Waals surface area contributed by atoms with Crippen LogP contribution in [0.15, 0.2) is 23.3 Å². The molecule has 4 nitrogen and oxygen atoms in total. The predicted molar refractivity (Wildman–Crippen MR) is 70.0 cm³/mol. The fourth-order valence-corrected chi connectivity index (χ4v) is 1.46. The highest BCUT2D eigenvalue weighted by molar-refractivity contribution is 6.82. The molecule has 0 atom stereocenters. The van der Waals surface area contributed by atoms with Gasteiger partial charge in [0, 0.05) is 5.02 Å². The van der Waals surface area contributed by atoms with E-state index in [1.54, 1.807) is 6.92 Å². The number of benzene rings is 1. The van der Waals surface area contributed by atoms with Gasteiger partial charge in [-0.2, -0.15) is 18.3 Å². The molecule has 0 bridgehead atoms. The zero-order valence-corrected chi connectivity index (χ0v) is 11.6. The summed E-state index contributed by atoms with van der Waals surface area (Å²) in [6.07, 6.45) is -4.63. The molecular formula is C11H9Cl2F3N2O2. The number of carbonyl (C=O) groups excluding carboxylic acids is 1. The van der Waals surface area contributed by atoms with Crippen molar-refractivity contribution >= 4 is 40.0 Å². The Morgan fingerprint density at radius 1 is 1.45 bits per heavy atom. The summed E-state index contributed by atoms with van der Waals surface area (Å²) in [7, 11) is 0. The maximum Gasteiger partial charge on any atom is 0.418 e. The summed E-state index contributed by atoms with van der Waals surface area (Å²) in [5.74, 6) is -0.941. The Bertz CT molecular complexity index is 533. The van der Waals surface area contributed by atoms with Crippen LogP contribution in [0.1, 0.15) is 12.5 Å². The van der Waals surface area contributed by atoms with Crippen LogP contribution in [-0.4, -0.2) is 17.7 Å². The maximum atomic E-state index is 12.8. The van der Waals surface area contributed by atoms with Crippen LogP contribution in [0.25, 0.3) is 0 Å². The average Bonchev–Trinajstić information content (AvgIpc) is 2.36. The maximum absolute atomic E-state index is 12.8.